The van der Waals surface area contributed by atoms with Gasteiger partial charge in [0.2, 0.25) is 0 Å². The predicted molar refractivity (Wildman–Crippen MR) is 77.8 cm³/mol. The van der Waals surface area contributed by atoms with Gasteiger partial charge in [-0.15, -0.1) is 11.8 Å². The summed E-state index contributed by atoms with van der Waals surface area (Å²) < 4.78 is 0. The molecule has 0 aromatic heterocycles. The highest BCUT2D eigenvalue weighted by Gasteiger charge is 2.17. The molecule has 1 aromatic carbocycles. The Labute approximate surface area is 118 Å². The first-order chi connectivity index (χ1) is 8.99. The van der Waals surface area contributed by atoms with Crippen molar-refractivity contribution in [3.63, 3.8) is 0 Å². The molecule has 3 nitrogen and oxygen atoms in total. The molecule has 1 aromatic rings. The van der Waals surface area contributed by atoms with E-state index in [-0.39, 0.29) is 11.7 Å². The van der Waals surface area contributed by atoms with Gasteiger partial charge in [0.25, 0.3) is 0 Å². The number of ketones is 1. The Hall–Kier alpha value is -1.29. The van der Waals surface area contributed by atoms with Crippen molar-refractivity contribution in [2.24, 2.45) is 5.92 Å². The number of hydrogen-bond acceptors (Lipinski definition) is 3. The lowest BCUT2D eigenvalue weighted by Crippen LogP contribution is -2.13. The van der Waals surface area contributed by atoms with Gasteiger partial charge in [-0.25, -0.2) is 0 Å². The van der Waals surface area contributed by atoms with Gasteiger partial charge in [0.1, 0.15) is 5.25 Å². The Balaban J connectivity index is 2.76. The highest BCUT2D eigenvalue weighted by atomic mass is 32.2. The van der Waals surface area contributed by atoms with Gasteiger partial charge in [-0.2, -0.15) is 0 Å². The van der Waals surface area contributed by atoms with E-state index < -0.39 is 11.2 Å². The molecule has 0 aliphatic carbocycles. The molecule has 104 valence electrons. The predicted octanol–water partition coefficient (Wildman–Crippen LogP) is 3.87. The van der Waals surface area contributed by atoms with Crippen molar-refractivity contribution in [3.05, 3.63) is 29.8 Å². The van der Waals surface area contributed by atoms with Gasteiger partial charge >= 0.3 is 5.97 Å². The van der Waals surface area contributed by atoms with E-state index in [1.54, 1.807) is 19.1 Å². The van der Waals surface area contributed by atoms with Crippen LogP contribution in [0.5, 0.6) is 0 Å². The molecule has 0 bridgehead atoms. The molecule has 0 aliphatic rings. The summed E-state index contributed by atoms with van der Waals surface area (Å²) in [7, 11) is 0. The quantitative estimate of drug-likeness (QED) is 0.608. The van der Waals surface area contributed by atoms with Crippen molar-refractivity contribution in [2.45, 2.75) is 43.8 Å². The molecular weight excluding hydrogens is 260 g/mol. The minimum absolute atomic E-state index is 0.0800. The Morgan fingerprint density at radius 3 is 2.11 bits per heavy atom. The van der Waals surface area contributed by atoms with Crippen molar-refractivity contribution in [2.75, 3.05) is 0 Å². The number of carboxylic acid groups (broad SMARTS) is 1. The summed E-state index contributed by atoms with van der Waals surface area (Å²) in [6, 6.07) is 7.22. The van der Waals surface area contributed by atoms with E-state index in [0.29, 0.717) is 5.56 Å². The number of carboxylic acids is 1. The molecule has 1 unspecified atom stereocenters. The van der Waals surface area contributed by atoms with Gasteiger partial charge in [-0.3, -0.25) is 9.59 Å². The van der Waals surface area contributed by atoms with Crippen LogP contribution in [0.3, 0.4) is 0 Å². The van der Waals surface area contributed by atoms with E-state index in [1.165, 1.54) is 11.8 Å². The normalized spacial score (nSPS) is 12.4. The first-order valence-electron chi connectivity index (χ1n) is 6.53. The van der Waals surface area contributed by atoms with Crippen LogP contribution in [0.1, 0.15) is 44.0 Å². The van der Waals surface area contributed by atoms with E-state index in [1.807, 2.05) is 26.0 Å². The van der Waals surface area contributed by atoms with Crippen molar-refractivity contribution in [3.8, 4) is 0 Å². The van der Waals surface area contributed by atoms with Crippen LogP contribution >= 0.6 is 11.8 Å². The number of Topliss-reactive ketones (excluding diaryl/α,β-unsaturated/α-hetero) is 1. The van der Waals surface area contributed by atoms with Crippen LogP contribution in [0.15, 0.2) is 29.2 Å². The number of carbonyl (C=O) groups excluding carboxylic acids is 1. The second-order valence-electron chi connectivity index (χ2n) is 4.50. The van der Waals surface area contributed by atoms with Crippen LogP contribution in [-0.4, -0.2) is 22.1 Å². The van der Waals surface area contributed by atoms with Crippen LogP contribution in [-0.2, 0) is 4.79 Å². The number of hydrogen-bond donors (Lipinski definition) is 1. The van der Waals surface area contributed by atoms with E-state index >= 15 is 0 Å². The highest BCUT2D eigenvalue weighted by Crippen LogP contribution is 2.24. The smallest absolute Gasteiger partial charge is 0.316 e. The van der Waals surface area contributed by atoms with Crippen molar-refractivity contribution in [1.82, 2.24) is 0 Å². The fraction of sp³-hybridized carbons (Fsp3) is 0.467. The summed E-state index contributed by atoms with van der Waals surface area (Å²) in [5.41, 5.74) is 0.709. The molecule has 19 heavy (non-hydrogen) atoms. The minimum atomic E-state index is -0.831. The largest absolute Gasteiger partial charge is 0.480 e. The second kappa shape index (κ2) is 7.34. The summed E-state index contributed by atoms with van der Waals surface area (Å²) in [5, 5.41) is 8.36. The van der Waals surface area contributed by atoms with Gasteiger partial charge in [-0.1, -0.05) is 26.0 Å². The lowest BCUT2D eigenvalue weighted by atomic mass is 9.93. The van der Waals surface area contributed by atoms with E-state index in [0.717, 1.165) is 17.7 Å². The van der Waals surface area contributed by atoms with Gasteiger partial charge in [-0.05, 0) is 31.9 Å². The van der Waals surface area contributed by atoms with Crippen molar-refractivity contribution >= 4 is 23.5 Å². The monoisotopic (exact) mass is 280 g/mol. The summed E-state index contributed by atoms with van der Waals surface area (Å²) in [6.07, 6.45) is 1.70. The van der Waals surface area contributed by atoms with Crippen LogP contribution in [0, 0.1) is 5.92 Å². The number of thioether (sulfide) groups is 1. The van der Waals surface area contributed by atoms with E-state index in [9.17, 15) is 9.59 Å². The Bertz CT molecular complexity index is 435. The maximum atomic E-state index is 12.1. The summed E-state index contributed by atoms with van der Waals surface area (Å²) in [5.74, 6) is -0.577. The molecule has 0 spiro atoms. The number of rotatable bonds is 7. The lowest BCUT2D eigenvalue weighted by Gasteiger charge is -2.11. The third-order valence-electron chi connectivity index (χ3n) is 3.16. The van der Waals surface area contributed by atoms with Gasteiger partial charge in [0, 0.05) is 16.4 Å². The van der Waals surface area contributed by atoms with Gasteiger partial charge in [0.05, 0.1) is 0 Å². The second-order valence-corrected chi connectivity index (χ2v) is 5.91. The first kappa shape index (κ1) is 15.8. The molecule has 0 heterocycles. The Morgan fingerprint density at radius 2 is 1.68 bits per heavy atom. The maximum absolute atomic E-state index is 12.1. The standard InChI is InChI=1S/C15H20O3S/c1-4-11(5-2)14(16)12-6-8-13(9-7-12)19-10(3)15(17)18/h6-11H,4-5H2,1-3H3,(H,17,18). The number of aliphatic carboxylic acids is 1. The zero-order valence-electron chi connectivity index (χ0n) is 11.6. The molecule has 0 radical (unpaired) electrons. The molecule has 0 saturated heterocycles. The van der Waals surface area contributed by atoms with Gasteiger partial charge in [0.15, 0.2) is 5.78 Å². The van der Waals surface area contributed by atoms with E-state index in [4.69, 9.17) is 5.11 Å². The molecule has 1 atom stereocenters. The molecule has 0 aliphatic heterocycles. The molecular formula is C15H20O3S. The van der Waals surface area contributed by atoms with Gasteiger partial charge < -0.3 is 5.11 Å². The van der Waals surface area contributed by atoms with Crippen LogP contribution in [0.4, 0.5) is 0 Å². The summed E-state index contributed by atoms with van der Waals surface area (Å²) in [6.45, 7) is 5.69. The third-order valence-corrected chi connectivity index (χ3v) is 4.26. The maximum Gasteiger partial charge on any atom is 0.316 e. The number of carbonyl (C=O) groups is 2. The third kappa shape index (κ3) is 4.39. The topological polar surface area (TPSA) is 54.4 Å². The van der Waals surface area contributed by atoms with Crippen molar-refractivity contribution in [1.29, 1.82) is 0 Å². The summed E-state index contributed by atoms with van der Waals surface area (Å²) in [4.78, 5) is 23.8. The molecule has 0 saturated carbocycles. The molecule has 1 rings (SSSR count). The van der Waals surface area contributed by atoms with E-state index in [2.05, 4.69) is 0 Å². The Morgan fingerprint density at radius 1 is 1.16 bits per heavy atom. The minimum Gasteiger partial charge on any atom is -0.480 e. The summed E-state index contributed by atoms with van der Waals surface area (Å²) >= 11 is 1.28. The molecule has 0 amide bonds. The fourth-order valence-electron chi connectivity index (χ4n) is 1.85. The Kier molecular flexibility index (Phi) is 6.09. The average molecular weight is 280 g/mol. The SMILES string of the molecule is CCC(CC)C(=O)c1ccc(SC(C)C(=O)O)cc1. The van der Waals surface area contributed by atoms with Crippen LogP contribution in [0.25, 0.3) is 0 Å². The highest BCUT2D eigenvalue weighted by molar-refractivity contribution is 8.00. The molecule has 0 fully saturated rings. The molecule has 1 N–H and O–H groups in total. The van der Waals surface area contributed by atoms with Crippen LogP contribution < -0.4 is 0 Å². The zero-order valence-corrected chi connectivity index (χ0v) is 12.4. The number of benzene rings is 1. The first-order valence-corrected chi connectivity index (χ1v) is 7.41. The average Bonchev–Trinajstić information content (AvgIpc) is 2.40. The lowest BCUT2D eigenvalue weighted by molar-refractivity contribution is -0.136. The van der Waals surface area contributed by atoms with Crippen molar-refractivity contribution < 1.29 is 14.7 Å². The fourth-order valence-corrected chi connectivity index (χ4v) is 2.65. The van der Waals surface area contributed by atoms with Crippen LogP contribution in [0.2, 0.25) is 0 Å². The zero-order chi connectivity index (χ0) is 14.4. The molecule has 4 heteroatoms.